The molecule has 42 heavy (non-hydrogen) atoms. The number of hydrogen-bond donors (Lipinski definition) is 1. The highest BCUT2D eigenvalue weighted by Gasteiger charge is 2.29. The van der Waals surface area contributed by atoms with Crippen LogP contribution in [0.5, 0.6) is 0 Å². The van der Waals surface area contributed by atoms with Crippen molar-refractivity contribution in [3.05, 3.63) is 132 Å². The van der Waals surface area contributed by atoms with Crippen LogP contribution in [-0.2, 0) is 0 Å². The summed E-state index contributed by atoms with van der Waals surface area (Å²) in [5, 5.41) is 3.70. The van der Waals surface area contributed by atoms with Gasteiger partial charge in [0.15, 0.2) is 0 Å². The van der Waals surface area contributed by atoms with Gasteiger partial charge in [0.1, 0.15) is 17.8 Å². The number of hydrogen-bond acceptors (Lipinski definition) is 4. The molecule has 0 bridgehead atoms. The molecular formula is C38H38N4. The zero-order chi connectivity index (χ0) is 28.1. The van der Waals surface area contributed by atoms with Gasteiger partial charge in [0, 0.05) is 17.4 Å². The molecule has 0 saturated heterocycles. The van der Waals surface area contributed by atoms with E-state index in [1.54, 1.807) is 0 Å². The Morgan fingerprint density at radius 2 is 1.50 bits per heavy atom. The second-order valence-corrected chi connectivity index (χ2v) is 11.7. The van der Waals surface area contributed by atoms with Crippen LogP contribution in [0.4, 0.5) is 0 Å². The zero-order valence-electron chi connectivity index (χ0n) is 24.1. The summed E-state index contributed by atoms with van der Waals surface area (Å²) in [6.07, 6.45) is 43.7. The van der Waals surface area contributed by atoms with Gasteiger partial charge in [-0.2, -0.15) is 0 Å². The Morgan fingerprint density at radius 1 is 0.714 bits per heavy atom. The first-order chi connectivity index (χ1) is 20.8. The normalized spacial score (nSPS) is 26.5. The van der Waals surface area contributed by atoms with Gasteiger partial charge in [0.05, 0.1) is 11.4 Å². The minimum Gasteiger partial charge on any atom is -0.348 e. The van der Waals surface area contributed by atoms with Gasteiger partial charge in [-0.3, -0.25) is 0 Å². The molecule has 0 radical (unpaired) electrons. The lowest BCUT2D eigenvalue weighted by molar-refractivity contribution is 0.639. The average molecular weight is 551 g/mol. The van der Waals surface area contributed by atoms with E-state index in [1.165, 1.54) is 27.9 Å². The summed E-state index contributed by atoms with van der Waals surface area (Å²) in [7, 11) is 0. The number of amidine groups is 2. The standard InChI is InChI=1S/C38H38N4/c1-5-14-27(15-6-1)33-24-25-34(28-16-7-2-8-17-28)39-35(33)31-22-13-23-32(26-31)38-41-36(29-18-9-3-10-19-29)40-37(42-38)30-20-11-4-12-21-30/h1-5,7,9-11,13-14,16,18,20,22,24-26,29,32,37H,6,8,12,15,17,19,21,23H2,(H,40,41,42). The Hall–Kier alpha value is -4.31. The summed E-state index contributed by atoms with van der Waals surface area (Å²) in [6.45, 7) is 0. The van der Waals surface area contributed by atoms with Crippen molar-refractivity contribution in [2.75, 3.05) is 0 Å². The second-order valence-electron chi connectivity index (χ2n) is 11.7. The molecule has 1 aromatic rings. The fourth-order valence-electron chi connectivity index (χ4n) is 6.45. The summed E-state index contributed by atoms with van der Waals surface area (Å²) in [6, 6.07) is 4.50. The highest BCUT2D eigenvalue weighted by Crippen LogP contribution is 2.35. The van der Waals surface area contributed by atoms with Gasteiger partial charge in [0.2, 0.25) is 0 Å². The summed E-state index contributed by atoms with van der Waals surface area (Å²) < 4.78 is 0. The first kappa shape index (κ1) is 26.6. The maximum atomic E-state index is 5.34. The molecule has 1 N–H and O–H groups in total. The molecule has 0 amide bonds. The van der Waals surface area contributed by atoms with Crippen molar-refractivity contribution in [3.63, 3.8) is 0 Å². The molecule has 210 valence electrons. The van der Waals surface area contributed by atoms with Crippen LogP contribution in [0.15, 0.2) is 125 Å². The van der Waals surface area contributed by atoms with Crippen molar-refractivity contribution in [3.8, 4) is 0 Å². The van der Waals surface area contributed by atoms with Crippen LogP contribution in [-0.4, -0.2) is 22.8 Å². The Labute approximate surface area is 249 Å². The molecule has 5 aliphatic carbocycles. The number of allylic oxidation sites excluding steroid dienone is 17. The summed E-state index contributed by atoms with van der Waals surface area (Å²) in [5.41, 5.74) is 8.55. The lowest BCUT2D eigenvalue weighted by Gasteiger charge is -2.30. The molecule has 0 spiro atoms. The van der Waals surface area contributed by atoms with E-state index < -0.39 is 0 Å². The number of aromatic nitrogens is 1. The van der Waals surface area contributed by atoms with Crippen LogP contribution in [0.25, 0.3) is 16.7 Å². The first-order valence-electron chi connectivity index (χ1n) is 15.6. The van der Waals surface area contributed by atoms with Crippen LogP contribution < -0.4 is 5.32 Å². The van der Waals surface area contributed by atoms with Crippen LogP contribution in [0.2, 0.25) is 0 Å². The average Bonchev–Trinajstić information content (AvgIpc) is 3.09. The SMILES string of the molecule is C1=CCCC(c2ccc(C3=CC=CCC3)c(C3=CC(C4=NC(C5=CC=CCC5)NC(C5C=CC=CC5)=N4)CC=C3)n2)=C1. The predicted octanol–water partition coefficient (Wildman–Crippen LogP) is 8.64. The second kappa shape index (κ2) is 12.3. The fraction of sp³-hybridized carbons (Fsp3) is 0.289. The van der Waals surface area contributed by atoms with E-state index >= 15 is 0 Å². The lowest BCUT2D eigenvalue weighted by atomic mass is 9.87. The molecule has 4 heteroatoms. The van der Waals surface area contributed by atoms with E-state index in [9.17, 15) is 0 Å². The topological polar surface area (TPSA) is 49.6 Å². The molecular weight excluding hydrogens is 512 g/mol. The molecule has 6 aliphatic rings. The van der Waals surface area contributed by atoms with E-state index in [1.807, 2.05) is 0 Å². The van der Waals surface area contributed by atoms with Crippen LogP contribution in [0, 0.1) is 11.8 Å². The van der Waals surface area contributed by atoms with E-state index in [4.69, 9.17) is 15.0 Å². The van der Waals surface area contributed by atoms with Gasteiger partial charge in [-0.15, -0.1) is 0 Å². The third-order valence-electron chi connectivity index (χ3n) is 8.78. The molecule has 0 fully saturated rings. The Balaban J connectivity index is 1.28. The van der Waals surface area contributed by atoms with Gasteiger partial charge in [-0.05, 0) is 79.7 Å². The van der Waals surface area contributed by atoms with Gasteiger partial charge in [-0.25, -0.2) is 15.0 Å². The van der Waals surface area contributed by atoms with Crippen molar-refractivity contribution in [1.82, 2.24) is 10.3 Å². The quantitative estimate of drug-likeness (QED) is 0.385. The molecule has 3 unspecified atom stereocenters. The van der Waals surface area contributed by atoms with Crippen LogP contribution >= 0.6 is 0 Å². The molecule has 2 heterocycles. The third-order valence-corrected chi connectivity index (χ3v) is 8.78. The molecule has 4 nitrogen and oxygen atoms in total. The van der Waals surface area contributed by atoms with Crippen molar-refractivity contribution >= 4 is 28.4 Å². The molecule has 1 aliphatic heterocycles. The van der Waals surface area contributed by atoms with E-state index in [0.29, 0.717) is 0 Å². The monoisotopic (exact) mass is 550 g/mol. The molecule has 7 rings (SSSR count). The largest absolute Gasteiger partial charge is 0.348 e. The van der Waals surface area contributed by atoms with Gasteiger partial charge < -0.3 is 5.32 Å². The predicted molar refractivity (Wildman–Crippen MR) is 177 cm³/mol. The third kappa shape index (κ3) is 5.72. The highest BCUT2D eigenvalue weighted by atomic mass is 15.2. The minimum absolute atomic E-state index is 0.0676. The number of rotatable bonds is 6. The van der Waals surface area contributed by atoms with E-state index in [-0.39, 0.29) is 18.0 Å². The van der Waals surface area contributed by atoms with Crippen molar-refractivity contribution in [2.45, 2.75) is 57.5 Å². The Kier molecular flexibility index (Phi) is 7.77. The molecule has 0 aromatic carbocycles. The lowest BCUT2D eigenvalue weighted by Crippen LogP contribution is -2.43. The Morgan fingerprint density at radius 3 is 2.24 bits per heavy atom. The van der Waals surface area contributed by atoms with E-state index in [2.05, 4.69) is 115 Å². The number of aliphatic imine (C=N–C) groups is 2. The molecule has 3 atom stereocenters. The summed E-state index contributed by atoms with van der Waals surface area (Å²) in [5.74, 6) is 2.30. The number of pyridine rings is 1. The minimum atomic E-state index is -0.0676. The van der Waals surface area contributed by atoms with Crippen LogP contribution in [0.3, 0.4) is 0 Å². The highest BCUT2D eigenvalue weighted by molar-refractivity contribution is 6.03. The molecule has 1 aromatic heterocycles. The van der Waals surface area contributed by atoms with Crippen molar-refractivity contribution in [2.24, 2.45) is 21.8 Å². The smallest absolute Gasteiger partial charge is 0.143 e. The number of nitrogens with zero attached hydrogens (tertiary/aromatic N) is 3. The Bertz CT molecular complexity index is 1610. The first-order valence-corrected chi connectivity index (χ1v) is 15.6. The molecule has 0 saturated carbocycles. The number of nitrogens with one attached hydrogen (secondary N) is 1. The van der Waals surface area contributed by atoms with Gasteiger partial charge in [0.25, 0.3) is 0 Å². The van der Waals surface area contributed by atoms with Gasteiger partial charge >= 0.3 is 0 Å². The fourth-order valence-corrected chi connectivity index (χ4v) is 6.45. The maximum Gasteiger partial charge on any atom is 0.143 e. The van der Waals surface area contributed by atoms with Crippen molar-refractivity contribution in [1.29, 1.82) is 0 Å². The van der Waals surface area contributed by atoms with Crippen molar-refractivity contribution < 1.29 is 0 Å². The summed E-state index contributed by atoms with van der Waals surface area (Å²) in [4.78, 5) is 15.8. The van der Waals surface area contributed by atoms with E-state index in [0.717, 1.165) is 74.4 Å². The maximum absolute atomic E-state index is 5.34. The van der Waals surface area contributed by atoms with Crippen LogP contribution in [0.1, 0.15) is 68.3 Å². The summed E-state index contributed by atoms with van der Waals surface area (Å²) >= 11 is 0. The zero-order valence-corrected chi connectivity index (χ0v) is 24.1. The van der Waals surface area contributed by atoms with Gasteiger partial charge in [-0.1, -0.05) is 103 Å².